The predicted molar refractivity (Wildman–Crippen MR) is 162 cm³/mol. The molecule has 2 aliphatic carbocycles. The molecule has 8 rings (SSSR count). The molecule has 0 bridgehead atoms. The second kappa shape index (κ2) is 11.8. The van der Waals surface area contributed by atoms with Crippen molar-refractivity contribution in [2.45, 2.75) is 113 Å². The highest BCUT2D eigenvalue weighted by Gasteiger charge is 2.39. The van der Waals surface area contributed by atoms with Crippen LogP contribution in [0.1, 0.15) is 101 Å². The highest BCUT2D eigenvalue weighted by atomic mass is 19.1. The Hall–Kier alpha value is -3.50. The Morgan fingerprint density at radius 3 is 1.50 bits per heavy atom. The molecule has 8 nitrogen and oxygen atoms in total. The molecule has 2 fully saturated rings. The Balaban J connectivity index is 0.000000142. The van der Waals surface area contributed by atoms with E-state index in [1.165, 1.54) is 0 Å². The number of aliphatic hydroxyl groups excluding tert-OH is 2. The van der Waals surface area contributed by atoms with Gasteiger partial charge in [0.15, 0.2) is 0 Å². The summed E-state index contributed by atoms with van der Waals surface area (Å²) in [6.45, 7) is 0. The lowest BCUT2D eigenvalue weighted by atomic mass is 9.81. The number of alkyl halides is 2. The number of aromatic nitrogens is 6. The molecule has 0 radical (unpaired) electrons. The number of nitrogens with zero attached hydrogens (tertiary/aromatic N) is 6. The molecule has 2 atom stereocenters. The average molecular weight is 603 g/mol. The third kappa shape index (κ3) is 5.58. The number of hydrogen-bond donors (Lipinski definition) is 2. The molecule has 4 aromatic heterocycles. The van der Waals surface area contributed by atoms with Gasteiger partial charge in [-0.25, -0.2) is 18.7 Å². The Kier molecular flexibility index (Phi) is 7.82. The Bertz CT molecular complexity index is 1470. The molecule has 0 amide bonds. The molecule has 2 aliphatic heterocycles. The summed E-state index contributed by atoms with van der Waals surface area (Å²) in [7, 11) is 0. The van der Waals surface area contributed by atoms with Gasteiger partial charge in [0.2, 0.25) is 0 Å². The number of hydrogen-bond acceptors (Lipinski definition) is 6. The van der Waals surface area contributed by atoms with E-state index >= 15 is 0 Å². The number of imidazole rings is 2. The van der Waals surface area contributed by atoms with Crippen LogP contribution >= 0.6 is 0 Å². The van der Waals surface area contributed by atoms with Crippen LogP contribution in [-0.4, -0.2) is 62.8 Å². The van der Waals surface area contributed by atoms with Crippen molar-refractivity contribution >= 4 is 0 Å². The number of aliphatic hydroxyl groups is 2. The maximum absolute atomic E-state index is 14.9. The van der Waals surface area contributed by atoms with Crippen molar-refractivity contribution in [2.24, 2.45) is 0 Å². The first-order valence-electron chi connectivity index (χ1n) is 16.0. The summed E-state index contributed by atoms with van der Waals surface area (Å²) in [5.74, 6) is 0. The zero-order valence-corrected chi connectivity index (χ0v) is 24.9. The first-order chi connectivity index (χ1) is 21.3. The Morgan fingerprint density at radius 1 is 0.682 bits per heavy atom. The van der Waals surface area contributed by atoms with Gasteiger partial charge >= 0.3 is 0 Å². The van der Waals surface area contributed by atoms with Crippen molar-refractivity contribution in [3.63, 3.8) is 0 Å². The lowest BCUT2D eigenvalue weighted by Gasteiger charge is -2.32. The molecule has 232 valence electrons. The number of rotatable bonds is 6. The van der Waals surface area contributed by atoms with Crippen molar-refractivity contribution in [1.29, 1.82) is 0 Å². The van der Waals surface area contributed by atoms with Gasteiger partial charge in [0.05, 0.1) is 72.1 Å². The van der Waals surface area contributed by atoms with E-state index < -0.39 is 11.3 Å². The van der Waals surface area contributed by atoms with Gasteiger partial charge in [-0.2, -0.15) is 0 Å². The van der Waals surface area contributed by atoms with Crippen LogP contribution in [0.5, 0.6) is 0 Å². The zero-order valence-electron chi connectivity index (χ0n) is 24.9. The fourth-order valence-electron chi connectivity index (χ4n) is 7.67. The monoisotopic (exact) mass is 602 g/mol. The number of pyridine rings is 2. The molecule has 2 saturated carbocycles. The summed E-state index contributed by atoms with van der Waals surface area (Å²) in [5.41, 5.74) is 4.13. The molecule has 0 spiro atoms. The lowest BCUT2D eigenvalue weighted by molar-refractivity contribution is 0.0252. The average Bonchev–Trinajstić information content (AvgIpc) is 3.82. The van der Waals surface area contributed by atoms with Crippen LogP contribution < -0.4 is 0 Å². The van der Waals surface area contributed by atoms with Crippen molar-refractivity contribution in [2.75, 3.05) is 0 Å². The maximum Gasteiger partial charge on any atom is 0.111 e. The van der Waals surface area contributed by atoms with Gasteiger partial charge in [0.25, 0.3) is 0 Å². The number of fused-ring (bicyclic) bond motifs is 6. The van der Waals surface area contributed by atoms with E-state index in [1.807, 2.05) is 37.2 Å². The molecule has 44 heavy (non-hydrogen) atoms. The summed E-state index contributed by atoms with van der Waals surface area (Å²) >= 11 is 0. The van der Waals surface area contributed by atoms with Gasteiger partial charge in [-0.3, -0.25) is 9.97 Å². The summed E-state index contributed by atoms with van der Waals surface area (Å²) in [6, 6.07) is 8.12. The van der Waals surface area contributed by atoms with Crippen molar-refractivity contribution in [1.82, 2.24) is 29.1 Å². The van der Waals surface area contributed by atoms with Crippen LogP contribution in [0.4, 0.5) is 8.78 Å². The molecular weight excluding hydrogens is 562 g/mol. The minimum Gasteiger partial charge on any atom is -0.393 e. The summed E-state index contributed by atoms with van der Waals surface area (Å²) in [5, 5.41) is 19.1. The zero-order chi connectivity index (χ0) is 30.3. The Morgan fingerprint density at radius 2 is 1.09 bits per heavy atom. The van der Waals surface area contributed by atoms with E-state index in [0.717, 1.165) is 46.7 Å². The third-order valence-corrected chi connectivity index (χ3v) is 10.3. The molecule has 4 aromatic rings. The fraction of sp³-hybridized carbons (Fsp3) is 0.529. The van der Waals surface area contributed by atoms with Crippen LogP contribution in [0, 0.1) is 0 Å². The lowest BCUT2D eigenvalue weighted by Crippen LogP contribution is -2.32. The maximum atomic E-state index is 14.9. The fourth-order valence-corrected chi connectivity index (χ4v) is 7.67. The standard InChI is InChI=1S/2C17H20FN3O/c2*18-17(6-3-12(22)4-7-17)8-5-14-16-13(2-1-9-20-16)15-10-19-11-21(14)15/h2*1-2,9-12,14,22H,3-8H2. The first kappa shape index (κ1) is 29.2. The minimum absolute atomic E-state index is 0.0770. The second-order valence-electron chi connectivity index (χ2n) is 13.1. The van der Waals surface area contributed by atoms with Crippen LogP contribution in [0.15, 0.2) is 61.7 Å². The van der Waals surface area contributed by atoms with Crippen LogP contribution in [-0.2, 0) is 0 Å². The van der Waals surface area contributed by atoms with Crippen molar-refractivity contribution < 1.29 is 19.0 Å². The minimum atomic E-state index is -1.14. The Labute approximate surface area is 256 Å². The second-order valence-corrected chi connectivity index (χ2v) is 13.1. The molecule has 2 unspecified atom stereocenters. The SMILES string of the molecule is OC1CCC(F)(CCC2c3ncccc3-c3cncn32)CC1.OC1CCC(F)(CCC2c3ncccc3-c3cncn32)CC1. The summed E-state index contributed by atoms with van der Waals surface area (Å²) in [6.07, 6.45) is 16.9. The van der Waals surface area contributed by atoms with E-state index in [9.17, 15) is 19.0 Å². The molecule has 4 aliphatic rings. The van der Waals surface area contributed by atoms with Crippen LogP contribution in [0.3, 0.4) is 0 Å². The predicted octanol–water partition coefficient (Wildman–Crippen LogP) is 6.54. The van der Waals surface area contributed by atoms with Gasteiger partial charge in [0.1, 0.15) is 11.3 Å². The van der Waals surface area contributed by atoms with Gasteiger partial charge in [-0.15, -0.1) is 0 Å². The largest absolute Gasteiger partial charge is 0.393 e. The van der Waals surface area contributed by atoms with Gasteiger partial charge < -0.3 is 19.3 Å². The summed E-state index contributed by atoms with van der Waals surface area (Å²) < 4.78 is 34.1. The smallest absolute Gasteiger partial charge is 0.111 e. The molecule has 0 saturated heterocycles. The molecule has 6 heterocycles. The molecular formula is C34H40F2N6O2. The normalized spacial score (nSPS) is 30.1. The van der Waals surface area contributed by atoms with Crippen LogP contribution in [0.2, 0.25) is 0 Å². The quantitative estimate of drug-likeness (QED) is 0.260. The van der Waals surface area contributed by atoms with E-state index in [0.29, 0.717) is 64.2 Å². The van der Waals surface area contributed by atoms with Crippen molar-refractivity contribution in [3.8, 4) is 22.5 Å². The highest BCUT2D eigenvalue weighted by Crippen LogP contribution is 2.45. The highest BCUT2D eigenvalue weighted by molar-refractivity contribution is 5.67. The molecule has 2 N–H and O–H groups in total. The van der Waals surface area contributed by atoms with Gasteiger partial charge in [-0.1, -0.05) is 0 Å². The molecule has 10 heteroatoms. The van der Waals surface area contributed by atoms with Crippen molar-refractivity contribution in [3.05, 3.63) is 73.1 Å². The summed E-state index contributed by atoms with van der Waals surface area (Å²) in [4.78, 5) is 17.5. The third-order valence-electron chi connectivity index (χ3n) is 10.3. The van der Waals surface area contributed by atoms with E-state index in [2.05, 4.69) is 41.2 Å². The first-order valence-corrected chi connectivity index (χ1v) is 16.0. The van der Waals surface area contributed by atoms with Crippen LogP contribution in [0.25, 0.3) is 22.5 Å². The topological polar surface area (TPSA) is 102 Å². The van der Waals surface area contributed by atoms with E-state index in [1.54, 1.807) is 12.4 Å². The van der Waals surface area contributed by atoms with Gasteiger partial charge in [0, 0.05) is 23.5 Å². The van der Waals surface area contributed by atoms with Gasteiger partial charge in [-0.05, 0) is 101 Å². The van der Waals surface area contributed by atoms with E-state index in [4.69, 9.17) is 0 Å². The number of halogens is 2. The van der Waals surface area contributed by atoms with E-state index in [-0.39, 0.29) is 24.3 Å². The molecule has 0 aromatic carbocycles.